The average Bonchev–Trinajstić information content (AvgIpc) is 2.58. The Bertz CT molecular complexity index is 739. The molecule has 0 fully saturated rings. The van der Waals surface area contributed by atoms with Crippen LogP contribution < -0.4 is 10.9 Å². The van der Waals surface area contributed by atoms with Crippen molar-refractivity contribution in [3.63, 3.8) is 0 Å². The van der Waals surface area contributed by atoms with Crippen LogP contribution in [0, 0.1) is 7.14 Å². The molecular formula is C16H12I2N4O2. The van der Waals surface area contributed by atoms with Gasteiger partial charge in [0.2, 0.25) is 0 Å². The van der Waals surface area contributed by atoms with E-state index in [9.17, 15) is 9.59 Å². The molecule has 2 rings (SSSR count). The summed E-state index contributed by atoms with van der Waals surface area (Å²) in [6.07, 6.45) is 2.95. The first-order valence-electron chi connectivity index (χ1n) is 6.73. The zero-order chi connectivity index (χ0) is 17.4. The molecule has 6 nitrogen and oxygen atoms in total. The Morgan fingerprint density at radius 1 is 0.750 bits per heavy atom. The minimum atomic E-state index is -0.892. The fourth-order valence-electron chi connectivity index (χ4n) is 1.58. The Hall–Kier alpha value is -1.82. The molecule has 0 spiro atoms. The Morgan fingerprint density at radius 3 is 1.50 bits per heavy atom. The van der Waals surface area contributed by atoms with Crippen LogP contribution in [0.3, 0.4) is 0 Å². The summed E-state index contributed by atoms with van der Waals surface area (Å²) in [5.74, 6) is -1.78. The Labute approximate surface area is 166 Å². The van der Waals surface area contributed by atoms with E-state index in [4.69, 9.17) is 0 Å². The molecule has 0 aliphatic rings. The third-order valence-corrected chi connectivity index (χ3v) is 4.72. The quantitative estimate of drug-likeness (QED) is 0.268. The number of nitrogens with one attached hydrogen (secondary N) is 2. The highest BCUT2D eigenvalue weighted by Crippen LogP contribution is 2.09. The highest BCUT2D eigenvalue weighted by atomic mass is 127. The lowest BCUT2D eigenvalue weighted by Crippen LogP contribution is -2.35. The van der Waals surface area contributed by atoms with E-state index in [-0.39, 0.29) is 0 Å². The molecule has 122 valence electrons. The maximum absolute atomic E-state index is 11.6. The number of hydrazone groups is 2. The molecule has 0 saturated heterocycles. The standard InChI is InChI=1S/C16H12I2N4O2/c17-13-7-3-1-5-11(13)9-19-21-15(23)16(24)22-20-10-12-6-2-4-8-14(12)18/h1-10H,(H,21,23)(H,22,24)/b19-9-,20-10-. The second-order valence-corrected chi connectivity index (χ2v) is 6.77. The molecule has 24 heavy (non-hydrogen) atoms. The number of halogens is 2. The molecule has 0 aliphatic heterocycles. The highest BCUT2D eigenvalue weighted by Gasteiger charge is 2.11. The average molecular weight is 546 g/mol. The number of hydrogen-bond acceptors (Lipinski definition) is 4. The maximum atomic E-state index is 11.6. The molecule has 2 aromatic carbocycles. The van der Waals surface area contributed by atoms with Gasteiger partial charge >= 0.3 is 11.8 Å². The first-order chi connectivity index (χ1) is 11.6. The summed E-state index contributed by atoms with van der Waals surface area (Å²) >= 11 is 4.31. The third-order valence-electron chi connectivity index (χ3n) is 2.76. The van der Waals surface area contributed by atoms with Crippen molar-refractivity contribution in [1.82, 2.24) is 10.9 Å². The number of rotatable bonds is 4. The van der Waals surface area contributed by atoms with Crippen LogP contribution in [0.2, 0.25) is 0 Å². The van der Waals surface area contributed by atoms with Crippen LogP contribution in [0.15, 0.2) is 58.7 Å². The Balaban J connectivity index is 1.85. The molecule has 2 N–H and O–H groups in total. The van der Waals surface area contributed by atoms with Gasteiger partial charge < -0.3 is 0 Å². The van der Waals surface area contributed by atoms with Crippen molar-refractivity contribution in [1.29, 1.82) is 0 Å². The van der Waals surface area contributed by atoms with Gasteiger partial charge in [-0.3, -0.25) is 9.59 Å². The summed E-state index contributed by atoms with van der Waals surface area (Å²) in [5.41, 5.74) is 6.00. The number of nitrogens with zero attached hydrogens (tertiary/aromatic N) is 2. The number of carbonyl (C=O) groups excluding carboxylic acids is 2. The number of benzene rings is 2. The second-order valence-electron chi connectivity index (χ2n) is 4.44. The SMILES string of the molecule is O=C(N/N=C\c1ccccc1I)C(=O)N/N=C\c1ccccc1I. The Kier molecular flexibility index (Phi) is 7.31. The fraction of sp³-hybridized carbons (Fsp3) is 0. The van der Waals surface area contributed by atoms with E-state index in [1.54, 1.807) is 0 Å². The van der Waals surface area contributed by atoms with E-state index in [0.29, 0.717) is 0 Å². The molecular weight excluding hydrogens is 534 g/mol. The molecule has 0 aromatic heterocycles. The summed E-state index contributed by atoms with van der Waals surface area (Å²) in [4.78, 5) is 23.2. The molecule has 0 atom stereocenters. The van der Waals surface area contributed by atoms with E-state index in [1.165, 1.54) is 12.4 Å². The minimum absolute atomic E-state index is 0.843. The topological polar surface area (TPSA) is 82.9 Å². The van der Waals surface area contributed by atoms with Gasteiger partial charge in [0.25, 0.3) is 0 Å². The molecule has 0 heterocycles. The first kappa shape index (κ1) is 18.5. The fourth-order valence-corrected chi connectivity index (χ4v) is 2.64. The lowest BCUT2D eigenvalue weighted by molar-refractivity contribution is -0.139. The van der Waals surface area contributed by atoms with Crippen LogP contribution in [-0.4, -0.2) is 24.2 Å². The van der Waals surface area contributed by atoms with Crippen molar-refractivity contribution in [2.24, 2.45) is 10.2 Å². The van der Waals surface area contributed by atoms with Gasteiger partial charge in [0.15, 0.2) is 0 Å². The summed E-state index contributed by atoms with van der Waals surface area (Å²) < 4.78 is 1.97. The maximum Gasteiger partial charge on any atom is 0.331 e. The van der Waals surface area contributed by atoms with Crippen LogP contribution >= 0.6 is 45.2 Å². The monoisotopic (exact) mass is 546 g/mol. The summed E-state index contributed by atoms with van der Waals surface area (Å²) in [6, 6.07) is 15.0. The molecule has 8 heteroatoms. The smallest absolute Gasteiger partial charge is 0.262 e. The van der Waals surface area contributed by atoms with Gasteiger partial charge in [0.1, 0.15) is 0 Å². The number of carbonyl (C=O) groups is 2. The molecule has 2 amide bonds. The molecule has 0 aliphatic carbocycles. The van der Waals surface area contributed by atoms with Gasteiger partial charge in [-0.25, -0.2) is 10.9 Å². The number of hydrogen-bond donors (Lipinski definition) is 2. The Morgan fingerprint density at radius 2 is 1.12 bits per heavy atom. The van der Waals surface area contributed by atoms with Crippen molar-refractivity contribution >= 4 is 69.4 Å². The molecule has 0 unspecified atom stereocenters. The van der Waals surface area contributed by atoms with Crippen molar-refractivity contribution in [2.45, 2.75) is 0 Å². The van der Waals surface area contributed by atoms with E-state index >= 15 is 0 Å². The zero-order valence-corrected chi connectivity index (χ0v) is 16.6. The minimum Gasteiger partial charge on any atom is -0.262 e. The molecule has 0 saturated carbocycles. The van der Waals surface area contributed by atoms with E-state index in [0.717, 1.165) is 18.3 Å². The van der Waals surface area contributed by atoms with Crippen LogP contribution in [0.25, 0.3) is 0 Å². The van der Waals surface area contributed by atoms with E-state index in [2.05, 4.69) is 66.2 Å². The van der Waals surface area contributed by atoms with E-state index < -0.39 is 11.8 Å². The van der Waals surface area contributed by atoms with E-state index in [1.807, 2.05) is 48.5 Å². The van der Waals surface area contributed by atoms with Crippen LogP contribution in [-0.2, 0) is 9.59 Å². The van der Waals surface area contributed by atoms with Gasteiger partial charge in [-0.15, -0.1) is 0 Å². The predicted molar refractivity (Wildman–Crippen MR) is 110 cm³/mol. The van der Waals surface area contributed by atoms with Crippen LogP contribution in [0.4, 0.5) is 0 Å². The van der Waals surface area contributed by atoms with Gasteiger partial charge in [0, 0.05) is 18.3 Å². The van der Waals surface area contributed by atoms with Gasteiger partial charge in [-0.05, 0) is 57.3 Å². The normalized spacial score (nSPS) is 10.9. The number of amides is 2. The van der Waals surface area contributed by atoms with Crippen LogP contribution in [0.5, 0.6) is 0 Å². The van der Waals surface area contributed by atoms with Crippen molar-refractivity contribution in [3.05, 3.63) is 66.8 Å². The summed E-state index contributed by atoms with van der Waals surface area (Å²) in [7, 11) is 0. The highest BCUT2D eigenvalue weighted by molar-refractivity contribution is 14.1. The van der Waals surface area contributed by atoms with Crippen LogP contribution in [0.1, 0.15) is 11.1 Å². The summed E-state index contributed by atoms with van der Waals surface area (Å²) in [6.45, 7) is 0. The second kappa shape index (κ2) is 9.47. The first-order valence-corrected chi connectivity index (χ1v) is 8.89. The lowest BCUT2D eigenvalue weighted by atomic mass is 10.2. The predicted octanol–water partition coefficient (Wildman–Crippen LogP) is 2.50. The van der Waals surface area contributed by atoms with Gasteiger partial charge in [-0.2, -0.15) is 10.2 Å². The van der Waals surface area contributed by atoms with Crippen molar-refractivity contribution in [3.8, 4) is 0 Å². The largest absolute Gasteiger partial charge is 0.331 e. The van der Waals surface area contributed by atoms with Gasteiger partial charge in [-0.1, -0.05) is 36.4 Å². The summed E-state index contributed by atoms with van der Waals surface area (Å²) in [5, 5.41) is 7.52. The molecule has 0 bridgehead atoms. The van der Waals surface area contributed by atoms with Crippen molar-refractivity contribution in [2.75, 3.05) is 0 Å². The van der Waals surface area contributed by atoms with Gasteiger partial charge in [0.05, 0.1) is 12.4 Å². The zero-order valence-electron chi connectivity index (χ0n) is 12.2. The lowest BCUT2D eigenvalue weighted by Gasteiger charge is -2.00. The van der Waals surface area contributed by atoms with Crippen molar-refractivity contribution < 1.29 is 9.59 Å². The molecule has 2 aromatic rings. The third kappa shape index (κ3) is 5.67. The molecule has 0 radical (unpaired) electrons.